The van der Waals surface area contributed by atoms with Crippen molar-refractivity contribution in [1.82, 2.24) is 19.2 Å². The number of benzene rings is 1. The normalized spacial score (nSPS) is 11.2. The lowest BCUT2D eigenvalue weighted by Crippen LogP contribution is -2.19. The molecule has 1 aromatic carbocycles. The van der Waals surface area contributed by atoms with Crippen LogP contribution in [0.15, 0.2) is 47.4 Å². The molecular formula is C23H24N4O2. The van der Waals surface area contributed by atoms with E-state index in [0.717, 1.165) is 16.9 Å². The number of hydrogen-bond acceptors (Lipinski definition) is 4. The average molecular weight is 388 g/mol. The maximum absolute atomic E-state index is 13.3. The molecule has 0 N–H and O–H groups in total. The fourth-order valence-corrected chi connectivity index (χ4v) is 3.69. The minimum absolute atomic E-state index is 0.153. The SMILES string of the molecule is CCOc1cccn2c(=O)c(-c3cc(C)n(-c4ccc(C)cc4C)n3)c(C)nc12. The van der Waals surface area contributed by atoms with Crippen molar-refractivity contribution in [3.05, 3.63) is 75.5 Å². The van der Waals surface area contributed by atoms with Crippen LogP contribution in [-0.4, -0.2) is 25.8 Å². The molecule has 3 aromatic heterocycles. The van der Waals surface area contributed by atoms with E-state index in [1.54, 1.807) is 12.3 Å². The van der Waals surface area contributed by atoms with Crippen LogP contribution < -0.4 is 10.3 Å². The summed E-state index contributed by atoms with van der Waals surface area (Å²) in [6.07, 6.45) is 1.71. The number of aromatic nitrogens is 4. The first kappa shape index (κ1) is 18.9. The second-order valence-corrected chi connectivity index (χ2v) is 7.25. The van der Waals surface area contributed by atoms with E-state index >= 15 is 0 Å². The third kappa shape index (κ3) is 3.20. The predicted octanol–water partition coefficient (Wildman–Crippen LogP) is 4.18. The molecule has 29 heavy (non-hydrogen) atoms. The number of fused-ring (bicyclic) bond motifs is 1. The fraction of sp³-hybridized carbons (Fsp3) is 0.261. The van der Waals surface area contributed by atoms with E-state index in [9.17, 15) is 4.79 Å². The summed E-state index contributed by atoms with van der Waals surface area (Å²) >= 11 is 0. The molecular weight excluding hydrogens is 364 g/mol. The van der Waals surface area contributed by atoms with E-state index in [-0.39, 0.29) is 5.56 Å². The van der Waals surface area contributed by atoms with Gasteiger partial charge >= 0.3 is 0 Å². The van der Waals surface area contributed by atoms with Crippen LogP contribution in [0.4, 0.5) is 0 Å². The highest BCUT2D eigenvalue weighted by Crippen LogP contribution is 2.25. The smallest absolute Gasteiger partial charge is 0.267 e. The first-order valence-electron chi connectivity index (χ1n) is 9.70. The van der Waals surface area contributed by atoms with Gasteiger partial charge in [0.25, 0.3) is 5.56 Å². The van der Waals surface area contributed by atoms with Crippen molar-refractivity contribution in [1.29, 1.82) is 0 Å². The third-order valence-electron chi connectivity index (χ3n) is 5.02. The summed E-state index contributed by atoms with van der Waals surface area (Å²) in [4.78, 5) is 18.0. The molecule has 0 saturated carbocycles. The molecule has 0 radical (unpaired) electrons. The highest BCUT2D eigenvalue weighted by Gasteiger charge is 2.18. The van der Waals surface area contributed by atoms with Crippen LogP contribution in [0.2, 0.25) is 0 Å². The maximum Gasteiger partial charge on any atom is 0.267 e. The standard InChI is InChI=1S/C23H24N4O2/c1-6-29-20-8-7-11-26-22(20)24-17(5)21(23(26)28)18-13-16(4)27(25-18)19-10-9-14(2)12-15(19)3/h7-13H,6H2,1-5H3. The van der Waals surface area contributed by atoms with Crippen LogP contribution in [0.5, 0.6) is 5.75 Å². The molecule has 0 saturated heterocycles. The number of pyridine rings is 1. The van der Waals surface area contributed by atoms with Gasteiger partial charge in [0.1, 0.15) is 5.69 Å². The van der Waals surface area contributed by atoms with Crippen LogP contribution in [0.1, 0.15) is 29.4 Å². The predicted molar refractivity (Wildman–Crippen MR) is 114 cm³/mol. The minimum Gasteiger partial charge on any atom is -0.490 e. The molecule has 0 bridgehead atoms. The largest absolute Gasteiger partial charge is 0.490 e. The molecule has 0 aliphatic rings. The second kappa shape index (κ2) is 7.20. The zero-order chi connectivity index (χ0) is 20.7. The lowest BCUT2D eigenvalue weighted by atomic mass is 10.1. The summed E-state index contributed by atoms with van der Waals surface area (Å²) in [5, 5.41) is 4.76. The Morgan fingerprint density at radius 2 is 1.86 bits per heavy atom. The Bertz CT molecular complexity index is 1280. The Labute approximate surface area is 169 Å². The van der Waals surface area contributed by atoms with Crippen LogP contribution in [0.3, 0.4) is 0 Å². The zero-order valence-corrected chi connectivity index (χ0v) is 17.4. The Balaban J connectivity index is 1.91. The molecule has 0 spiro atoms. The van der Waals surface area contributed by atoms with Crippen LogP contribution >= 0.6 is 0 Å². The van der Waals surface area contributed by atoms with Gasteiger partial charge in [0.2, 0.25) is 0 Å². The van der Waals surface area contributed by atoms with Crippen molar-refractivity contribution in [2.24, 2.45) is 0 Å². The number of ether oxygens (including phenoxy) is 1. The molecule has 0 atom stereocenters. The van der Waals surface area contributed by atoms with E-state index in [2.05, 4.69) is 37.0 Å². The summed E-state index contributed by atoms with van der Waals surface area (Å²) in [6, 6.07) is 11.8. The maximum atomic E-state index is 13.3. The highest BCUT2D eigenvalue weighted by atomic mass is 16.5. The Morgan fingerprint density at radius 3 is 2.59 bits per heavy atom. The molecule has 0 fully saturated rings. The summed E-state index contributed by atoms with van der Waals surface area (Å²) in [5.41, 5.74) is 6.42. The van der Waals surface area contributed by atoms with Crippen LogP contribution in [0.25, 0.3) is 22.6 Å². The monoisotopic (exact) mass is 388 g/mol. The molecule has 0 aliphatic heterocycles. The number of rotatable bonds is 4. The first-order chi connectivity index (χ1) is 13.9. The van der Waals surface area contributed by atoms with Gasteiger partial charge in [-0.1, -0.05) is 17.7 Å². The number of aryl methyl sites for hydroxylation is 4. The lowest BCUT2D eigenvalue weighted by Gasteiger charge is -2.10. The van der Waals surface area contributed by atoms with Crippen molar-refractivity contribution in [3.8, 4) is 22.7 Å². The van der Waals surface area contributed by atoms with Crippen molar-refractivity contribution in [2.45, 2.75) is 34.6 Å². The van der Waals surface area contributed by atoms with E-state index in [1.807, 2.05) is 37.6 Å². The first-order valence-corrected chi connectivity index (χ1v) is 9.70. The van der Waals surface area contributed by atoms with E-state index < -0.39 is 0 Å². The van der Waals surface area contributed by atoms with E-state index in [1.165, 1.54) is 9.96 Å². The summed E-state index contributed by atoms with van der Waals surface area (Å²) < 4.78 is 9.05. The van der Waals surface area contributed by atoms with Gasteiger partial charge in [-0.05, 0) is 64.4 Å². The third-order valence-corrected chi connectivity index (χ3v) is 5.02. The van der Waals surface area contributed by atoms with E-state index in [4.69, 9.17) is 9.84 Å². The lowest BCUT2D eigenvalue weighted by molar-refractivity contribution is 0.342. The fourth-order valence-electron chi connectivity index (χ4n) is 3.69. The Morgan fingerprint density at radius 1 is 1.07 bits per heavy atom. The van der Waals surface area contributed by atoms with Crippen LogP contribution in [0, 0.1) is 27.7 Å². The summed E-state index contributed by atoms with van der Waals surface area (Å²) in [5.74, 6) is 0.596. The molecule has 3 heterocycles. The van der Waals surface area contributed by atoms with Gasteiger partial charge < -0.3 is 4.74 Å². The van der Waals surface area contributed by atoms with E-state index in [0.29, 0.717) is 35.0 Å². The Hall–Kier alpha value is -3.41. The van der Waals surface area contributed by atoms with Gasteiger partial charge in [0, 0.05) is 11.9 Å². The van der Waals surface area contributed by atoms with Gasteiger partial charge in [-0.25, -0.2) is 9.67 Å². The zero-order valence-electron chi connectivity index (χ0n) is 17.4. The highest BCUT2D eigenvalue weighted by molar-refractivity contribution is 5.66. The summed E-state index contributed by atoms with van der Waals surface area (Å²) in [7, 11) is 0. The molecule has 148 valence electrons. The molecule has 6 nitrogen and oxygen atoms in total. The van der Waals surface area contributed by atoms with Gasteiger partial charge in [-0.15, -0.1) is 0 Å². The van der Waals surface area contributed by atoms with Crippen molar-refractivity contribution in [3.63, 3.8) is 0 Å². The van der Waals surface area contributed by atoms with Crippen molar-refractivity contribution >= 4 is 5.65 Å². The quantitative estimate of drug-likeness (QED) is 0.526. The van der Waals surface area contributed by atoms with Gasteiger partial charge in [-0.3, -0.25) is 9.20 Å². The molecule has 4 aromatic rings. The molecule has 0 amide bonds. The van der Waals surface area contributed by atoms with Gasteiger partial charge in [0.15, 0.2) is 11.4 Å². The molecule has 0 aliphatic carbocycles. The second-order valence-electron chi connectivity index (χ2n) is 7.25. The van der Waals surface area contributed by atoms with Gasteiger partial charge in [0.05, 0.1) is 23.6 Å². The number of nitrogens with zero attached hydrogens (tertiary/aromatic N) is 4. The topological polar surface area (TPSA) is 61.4 Å². The average Bonchev–Trinajstić information content (AvgIpc) is 3.04. The molecule has 0 unspecified atom stereocenters. The minimum atomic E-state index is -0.153. The van der Waals surface area contributed by atoms with Crippen LogP contribution in [-0.2, 0) is 0 Å². The molecule has 4 rings (SSSR count). The number of hydrogen-bond donors (Lipinski definition) is 0. The van der Waals surface area contributed by atoms with Crippen molar-refractivity contribution < 1.29 is 4.74 Å². The van der Waals surface area contributed by atoms with Crippen molar-refractivity contribution in [2.75, 3.05) is 6.61 Å². The Kier molecular flexibility index (Phi) is 4.70. The summed E-state index contributed by atoms with van der Waals surface area (Å²) in [6.45, 7) is 10.4. The van der Waals surface area contributed by atoms with Gasteiger partial charge in [-0.2, -0.15) is 5.10 Å². The molecule has 6 heteroatoms.